The van der Waals surface area contributed by atoms with Crippen LogP contribution in [0, 0.1) is 24.1 Å². The fraction of sp³-hybridized carbons (Fsp3) is 0.231. The van der Waals surface area contributed by atoms with E-state index in [1.165, 1.54) is 0 Å². The number of benzene rings is 1. The third kappa shape index (κ3) is 2.64. The lowest BCUT2D eigenvalue weighted by atomic mass is 9.95. The highest BCUT2D eigenvalue weighted by atomic mass is 19.4. The number of alkyl halides is 3. The van der Waals surface area contributed by atoms with Gasteiger partial charge in [-0.05, 0) is 17.7 Å². The number of carbonyl (C=O) groups excluding carboxylic acids is 1. The molecule has 1 aliphatic rings. The largest absolute Gasteiger partial charge is 0.419 e. The molecule has 3 nitrogen and oxygen atoms in total. The zero-order valence-corrected chi connectivity index (χ0v) is 9.96. The van der Waals surface area contributed by atoms with Gasteiger partial charge in [0.15, 0.2) is 0 Å². The molecular formula is C13H8F4N2O. The average Bonchev–Trinajstić information content (AvgIpc) is 2.38. The minimum atomic E-state index is -4.80. The molecule has 0 radical (unpaired) electrons. The topological polar surface area (TPSA) is 41.5 Å². The maximum atomic E-state index is 13.2. The molecule has 1 atom stereocenters. The summed E-state index contributed by atoms with van der Waals surface area (Å²) in [6.07, 6.45) is 0.355. The maximum absolute atomic E-state index is 13.2. The Kier molecular flexibility index (Phi) is 3.49. The van der Waals surface area contributed by atoms with E-state index in [1.807, 2.05) is 0 Å². The van der Waals surface area contributed by atoms with Gasteiger partial charge in [-0.3, -0.25) is 4.79 Å². The van der Waals surface area contributed by atoms with E-state index in [9.17, 15) is 22.4 Å². The van der Waals surface area contributed by atoms with E-state index < -0.39 is 29.4 Å². The van der Waals surface area contributed by atoms with Crippen LogP contribution in [0.4, 0.5) is 17.6 Å². The molecule has 0 aromatic heterocycles. The van der Waals surface area contributed by atoms with Gasteiger partial charge in [0, 0.05) is 6.42 Å². The molecule has 0 saturated carbocycles. The third-order valence-electron chi connectivity index (χ3n) is 2.82. The summed E-state index contributed by atoms with van der Waals surface area (Å²) in [4.78, 5) is 11.3. The first kappa shape index (κ1) is 14.1. The molecule has 2 rings (SSSR count). The van der Waals surface area contributed by atoms with Crippen molar-refractivity contribution in [1.29, 1.82) is 0 Å². The minimum Gasteiger partial charge on any atom is -0.272 e. The maximum Gasteiger partial charge on any atom is 0.419 e. The van der Waals surface area contributed by atoms with E-state index in [0.717, 1.165) is 6.07 Å². The second-order valence-electron chi connectivity index (χ2n) is 4.15. The monoisotopic (exact) mass is 284 g/mol. The lowest BCUT2D eigenvalue weighted by Gasteiger charge is -2.18. The Bertz CT molecular complexity index is 628. The Morgan fingerprint density at radius 1 is 1.40 bits per heavy atom. The van der Waals surface area contributed by atoms with E-state index in [1.54, 1.807) is 0 Å². The summed E-state index contributed by atoms with van der Waals surface area (Å²) in [5, 5.41) is 3.66. The molecular weight excluding hydrogens is 276 g/mol. The fourth-order valence-corrected chi connectivity index (χ4v) is 1.77. The van der Waals surface area contributed by atoms with E-state index in [0.29, 0.717) is 12.1 Å². The smallest absolute Gasteiger partial charge is 0.272 e. The molecule has 1 N–H and O–H groups in total. The Balaban J connectivity index is 2.40. The normalized spacial score (nSPS) is 19.1. The number of nitrogens with one attached hydrogen (secondary N) is 1. The Hall–Kier alpha value is -2.36. The summed E-state index contributed by atoms with van der Waals surface area (Å²) in [6.45, 7) is 0. The first-order chi connectivity index (χ1) is 9.32. The van der Waals surface area contributed by atoms with Gasteiger partial charge in [0.05, 0.1) is 11.3 Å². The number of rotatable bonds is 1. The van der Waals surface area contributed by atoms with Crippen molar-refractivity contribution in [3.63, 3.8) is 0 Å². The number of hydrogen-bond acceptors (Lipinski definition) is 2. The van der Waals surface area contributed by atoms with Gasteiger partial charge >= 0.3 is 6.18 Å². The van der Waals surface area contributed by atoms with Crippen molar-refractivity contribution >= 4 is 11.6 Å². The molecule has 104 valence electrons. The van der Waals surface area contributed by atoms with Crippen molar-refractivity contribution in [1.82, 2.24) is 5.43 Å². The van der Waals surface area contributed by atoms with Crippen molar-refractivity contribution in [3.05, 3.63) is 35.1 Å². The molecule has 0 fully saturated rings. The Labute approximate surface area is 111 Å². The van der Waals surface area contributed by atoms with E-state index in [4.69, 9.17) is 6.42 Å². The Morgan fingerprint density at radius 3 is 2.70 bits per heavy atom. The first-order valence-corrected chi connectivity index (χ1v) is 5.52. The van der Waals surface area contributed by atoms with Crippen LogP contribution in [0.5, 0.6) is 0 Å². The Morgan fingerprint density at radius 2 is 2.10 bits per heavy atom. The molecule has 1 aliphatic heterocycles. The van der Waals surface area contributed by atoms with Gasteiger partial charge < -0.3 is 0 Å². The molecule has 1 heterocycles. The quantitative estimate of drug-likeness (QED) is 0.624. The fourth-order valence-electron chi connectivity index (χ4n) is 1.77. The zero-order valence-electron chi connectivity index (χ0n) is 9.96. The molecule has 1 aromatic carbocycles. The number of amides is 1. The average molecular weight is 284 g/mol. The van der Waals surface area contributed by atoms with Crippen LogP contribution in [0.15, 0.2) is 23.3 Å². The van der Waals surface area contributed by atoms with Crippen LogP contribution in [0.3, 0.4) is 0 Å². The summed E-state index contributed by atoms with van der Waals surface area (Å²) in [5.41, 5.74) is 1.00. The highest BCUT2D eigenvalue weighted by Crippen LogP contribution is 2.32. The van der Waals surface area contributed by atoms with E-state index in [-0.39, 0.29) is 17.7 Å². The predicted octanol–water partition coefficient (Wildman–Crippen LogP) is 2.32. The molecule has 20 heavy (non-hydrogen) atoms. The highest BCUT2D eigenvalue weighted by molar-refractivity contribution is 6.05. The van der Waals surface area contributed by atoms with Gasteiger partial charge in [0.2, 0.25) is 0 Å². The van der Waals surface area contributed by atoms with Crippen LogP contribution in [-0.4, -0.2) is 11.6 Å². The van der Waals surface area contributed by atoms with Crippen molar-refractivity contribution in [2.24, 2.45) is 11.0 Å². The van der Waals surface area contributed by atoms with Crippen molar-refractivity contribution in [3.8, 4) is 12.3 Å². The molecule has 0 unspecified atom stereocenters. The lowest BCUT2D eigenvalue weighted by Crippen LogP contribution is -2.34. The van der Waals surface area contributed by atoms with Gasteiger partial charge in [-0.25, -0.2) is 9.82 Å². The SMILES string of the molecule is C#C[C@H]1CC(c2ccc(F)c(C(F)(F)F)c2)=NNC1=O. The molecule has 0 saturated heterocycles. The molecule has 7 heteroatoms. The molecule has 0 spiro atoms. The summed E-state index contributed by atoms with van der Waals surface area (Å²) in [7, 11) is 0. The summed E-state index contributed by atoms with van der Waals surface area (Å²) < 4.78 is 51.0. The van der Waals surface area contributed by atoms with Crippen molar-refractivity contribution < 1.29 is 22.4 Å². The summed E-state index contributed by atoms with van der Waals surface area (Å²) in [6, 6.07) is 2.52. The predicted molar refractivity (Wildman–Crippen MR) is 63.0 cm³/mol. The first-order valence-electron chi connectivity index (χ1n) is 5.52. The zero-order chi connectivity index (χ0) is 14.9. The van der Waals surface area contributed by atoms with Crippen LogP contribution in [0.2, 0.25) is 0 Å². The van der Waals surface area contributed by atoms with Crippen molar-refractivity contribution in [2.45, 2.75) is 12.6 Å². The van der Waals surface area contributed by atoms with Gasteiger partial charge in [0.1, 0.15) is 11.7 Å². The third-order valence-corrected chi connectivity index (χ3v) is 2.82. The second kappa shape index (κ2) is 4.96. The standard InChI is InChI=1S/C13H8F4N2O/c1-2-7-6-11(18-19-12(7)20)8-3-4-10(14)9(5-8)13(15,16)17/h1,3-5,7H,6H2,(H,19,20)/t7-/m0/s1. The molecule has 0 aliphatic carbocycles. The van der Waals surface area contributed by atoms with Crippen LogP contribution in [0.1, 0.15) is 17.5 Å². The molecule has 1 amide bonds. The van der Waals surface area contributed by atoms with Crippen LogP contribution in [0.25, 0.3) is 0 Å². The number of terminal acetylenes is 1. The van der Waals surface area contributed by atoms with Gasteiger partial charge in [-0.15, -0.1) is 6.42 Å². The molecule has 1 aromatic rings. The summed E-state index contributed by atoms with van der Waals surface area (Å²) >= 11 is 0. The van der Waals surface area contributed by atoms with Crippen LogP contribution in [-0.2, 0) is 11.0 Å². The number of nitrogens with zero attached hydrogens (tertiary/aromatic N) is 1. The van der Waals surface area contributed by atoms with E-state index in [2.05, 4.69) is 16.4 Å². The van der Waals surface area contributed by atoms with Crippen molar-refractivity contribution in [2.75, 3.05) is 0 Å². The van der Waals surface area contributed by atoms with Gasteiger partial charge in [0.25, 0.3) is 5.91 Å². The highest BCUT2D eigenvalue weighted by Gasteiger charge is 2.35. The van der Waals surface area contributed by atoms with Crippen LogP contribution < -0.4 is 5.43 Å². The number of halogens is 4. The number of carbonyl (C=O) groups is 1. The lowest BCUT2D eigenvalue weighted by molar-refractivity contribution is -0.140. The summed E-state index contributed by atoms with van der Waals surface area (Å²) in [5.74, 6) is -0.440. The minimum absolute atomic E-state index is 0.00522. The van der Waals surface area contributed by atoms with E-state index >= 15 is 0 Å². The molecule has 0 bridgehead atoms. The van der Waals surface area contributed by atoms with Gasteiger partial charge in [-0.2, -0.15) is 18.3 Å². The number of hydrazone groups is 1. The second-order valence-corrected chi connectivity index (χ2v) is 4.15. The van der Waals surface area contributed by atoms with Gasteiger partial charge in [-0.1, -0.05) is 12.0 Å². The number of hydrogen-bond donors (Lipinski definition) is 1. The van der Waals surface area contributed by atoms with Crippen LogP contribution >= 0.6 is 0 Å².